The molecule has 9 heterocycles. The summed E-state index contributed by atoms with van der Waals surface area (Å²) in [5.74, 6) is 2.10. The Morgan fingerprint density at radius 3 is 0.701 bits per heavy atom. The second kappa shape index (κ2) is 37.6. The van der Waals surface area contributed by atoms with Gasteiger partial charge in [-0.1, -0.05) is 449 Å². The van der Waals surface area contributed by atoms with Crippen LogP contribution in [0.4, 0.5) is 0 Å². The second-order valence-corrected chi connectivity index (χ2v) is 39.9. The van der Waals surface area contributed by atoms with Crippen molar-refractivity contribution in [1.82, 2.24) is 44.9 Å². The van der Waals surface area contributed by atoms with Crippen LogP contribution in [0.25, 0.3) is 283 Å². The average Bonchev–Trinajstić information content (AvgIpc) is 1.60. The van der Waals surface area contributed by atoms with Crippen LogP contribution < -0.4 is 0 Å². The molecule has 20 aromatic carbocycles. The van der Waals surface area contributed by atoms with Crippen LogP contribution in [0.3, 0.4) is 0 Å². The van der Waals surface area contributed by atoms with Crippen LogP contribution in [-0.2, 0) is 0 Å². The molecule has 0 saturated carbocycles. The fraction of sp³-hybridized carbons (Fsp3) is 0. The molecule has 0 unspecified atom stereocenters. The Balaban J connectivity index is 0.000000109. The molecule has 0 saturated heterocycles. The smallest absolute Gasteiger partial charge is 0.160 e. The van der Waals surface area contributed by atoms with Crippen molar-refractivity contribution in [2.24, 2.45) is 0 Å². The van der Waals surface area contributed by atoms with Gasteiger partial charge in [-0.05, 0) is 109 Å². The van der Waals surface area contributed by atoms with Crippen molar-refractivity contribution >= 4 is 160 Å². The Bertz CT molecular complexity index is 10000. The molecule has 9 aromatic heterocycles. The third-order valence-corrected chi connectivity index (χ3v) is 31.4. The Morgan fingerprint density at radius 2 is 0.361 bits per heavy atom. The first-order valence-corrected chi connectivity index (χ1v) is 51.7. The highest BCUT2D eigenvalue weighted by atomic mass is 32.1. The van der Waals surface area contributed by atoms with Gasteiger partial charge in [0.15, 0.2) is 17.5 Å². The van der Waals surface area contributed by atoms with Gasteiger partial charge in [0.05, 0.1) is 67.8 Å². The minimum Gasteiger partial charge on any atom is -0.247 e. The van der Waals surface area contributed by atoms with Gasteiger partial charge >= 0.3 is 0 Å². The Labute approximate surface area is 858 Å². The number of nitrogens with zero attached hydrogens (tertiary/aromatic N) is 9. The SMILES string of the molecule is c1ccc(-c2cc(-c3cccc4nc(-c5cccc6ccccc56)c5c6ccccc6sc5c34)nc(-c3ccccc3)n2)cc1.c1ccc(-c2cc(-c3ccccc3)nc(-c3ccc(-c4cccc5nc(-c6cccc7ccccc67)c6c7ccccc7sc6c45)cc3)n2)cc1.c1ccc(-c2ccc(-c3nc(-c4ccccc4)cc(-c4cccc5nc(-c6cccc7ccccc67)c6c7ccccc7sc6c45)n3)cc2)cc1. The first-order valence-electron chi connectivity index (χ1n) is 49.3. The summed E-state index contributed by atoms with van der Waals surface area (Å²) >= 11 is 5.52. The second-order valence-electron chi connectivity index (χ2n) is 36.7. The Morgan fingerprint density at radius 1 is 0.136 bits per heavy atom. The van der Waals surface area contributed by atoms with Crippen LogP contribution in [0.1, 0.15) is 0 Å². The van der Waals surface area contributed by atoms with Crippen molar-refractivity contribution in [2.45, 2.75) is 0 Å². The van der Waals surface area contributed by atoms with Crippen LogP contribution >= 0.6 is 34.0 Å². The molecule has 147 heavy (non-hydrogen) atoms. The van der Waals surface area contributed by atoms with E-state index in [-0.39, 0.29) is 0 Å². The van der Waals surface area contributed by atoms with Crippen LogP contribution in [0, 0.1) is 0 Å². The quantitative estimate of drug-likeness (QED) is 0.105. The molecular weight excluding hydrogens is 1840 g/mol. The molecule has 0 atom stereocenters. The number of aromatic nitrogens is 9. The first kappa shape index (κ1) is 87.3. The molecule has 0 spiro atoms. The number of benzene rings is 20. The van der Waals surface area contributed by atoms with E-state index < -0.39 is 0 Å². The summed E-state index contributed by atoms with van der Waals surface area (Å²) in [7, 11) is 0. The maximum atomic E-state index is 5.50. The number of rotatable bonds is 14. The van der Waals surface area contributed by atoms with Crippen molar-refractivity contribution in [3.63, 3.8) is 0 Å². The fourth-order valence-electron chi connectivity index (χ4n) is 20.9. The lowest BCUT2D eigenvalue weighted by molar-refractivity contribution is 1.18. The summed E-state index contributed by atoms with van der Waals surface area (Å²) in [5, 5.41) is 17.9. The van der Waals surface area contributed by atoms with Gasteiger partial charge in [-0.15, -0.1) is 34.0 Å². The number of fused-ring (bicyclic) bond motifs is 18. The predicted octanol–water partition coefficient (Wildman–Crippen LogP) is 37.0. The molecule has 0 N–H and O–H groups in total. The normalized spacial score (nSPS) is 11.5. The van der Waals surface area contributed by atoms with Crippen LogP contribution in [0.2, 0.25) is 0 Å². The maximum absolute atomic E-state index is 5.50. The lowest BCUT2D eigenvalue weighted by atomic mass is 9.94. The fourth-order valence-corrected chi connectivity index (χ4v) is 24.7. The van der Waals surface area contributed by atoms with Gasteiger partial charge in [0.25, 0.3) is 0 Å². The highest BCUT2D eigenvalue weighted by molar-refractivity contribution is 7.27. The van der Waals surface area contributed by atoms with E-state index in [1.165, 1.54) is 104 Å². The number of hydrogen-bond donors (Lipinski definition) is 0. The minimum atomic E-state index is 0.691. The molecule has 0 aliphatic heterocycles. The molecule has 0 aliphatic carbocycles. The van der Waals surface area contributed by atoms with Gasteiger partial charge in [0.2, 0.25) is 0 Å². The third-order valence-electron chi connectivity index (χ3n) is 27.9. The van der Waals surface area contributed by atoms with Gasteiger partial charge in [-0.25, -0.2) is 44.9 Å². The van der Waals surface area contributed by atoms with Crippen LogP contribution in [-0.4, -0.2) is 44.9 Å². The zero-order chi connectivity index (χ0) is 97.2. The molecule has 12 heteroatoms. The van der Waals surface area contributed by atoms with Crippen molar-refractivity contribution in [3.8, 4) is 158 Å². The van der Waals surface area contributed by atoms with E-state index in [0.29, 0.717) is 17.5 Å². The van der Waals surface area contributed by atoms with E-state index in [2.05, 4.69) is 431 Å². The van der Waals surface area contributed by atoms with E-state index in [4.69, 9.17) is 44.9 Å². The average molecular weight is 1930 g/mol. The molecule has 29 rings (SSSR count). The number of thiophene rings is 3. The zero-order valence-corrected chi connectivity index (χ0v) is 81.6. The summed E-state index contributed by atoms with van der Waals surface area (Å²) in [6, 6.07) is 176. The van der Waals surface area contributed by atoms with Gasteiger partial charge in [-0.3, -0.25) is 0 Å². The largest absolute Gasteiger partial charge is 0.247 e. The van der Waals surface area contributed by atoms with Gasteiger partial charge in [0, 0.05) is 143 Å². The number of pyridine rings is 3. The maximum Gasteiger partial charge on any atom is 0.160 e. The van der Waals surface area contributed by atoms with Gasteiger partial charge in [0.1, 0.15) is 0 Å². The first-order chi connectivity index (χ1) is 72.9. The molecular formula is C135H83N9S3. The Hall–Kier alpha value is -18.7. The zero-order valence-electron chi connectivity index (χ0n) is 79.2. The molecule has 686 valence electrons. The Kier molecular flexibility index (Phi) is 22.4. The van der Waals surface area contributed by atoms with Crippen molar-refractivity contribution in [1.29, 1.82) is 0 Å². The van der Waals surface area contributed by atoms with Crippen molar-refractivity contribution in [3.05, 3.63) is 504 Å². The van der Waals surface area contributed by atoms with Crippen molar-refractivity contribution < 1.29 is 0 Å². The van der Waals surface area contributed by atoms with E-state index in [0.717, 1.165) is 162 Å². The molecule has 0 radical (unpaired) electrons. The summed E-state index contributed by atoms with van der Waals surface area (Å²) in [6.45, 7) is 0. The van der Waals surface area contributed by atoms with Crippen LogP contribution in [0.15, 0.2) is 504 Å². The van der Waals surface area contributed by atoms with Crippen molar-refractivity contribution in [2.75, 3.05) is 0 Å². The molecule has 9 nitrogen and oxygen atoms in total. The van der Waals surface area contributed by atoms with Gasteiger partial charge in [-0.2, -0.15) is 0 Å². The predicted molar refractivity (Wildman–Crippen MR) is 619 cm³/mol. The van der Waals surface area contributed by atoms with E-state index in [1.807, 2.05) is 107 Å². The highest BCUT2D eigenvalue weighted by Gasteiger charge is 2.27. The standard InChI is InChI=1S/2C47H29N3S.C41H25N3S/c1-3-14-32(15-4-1)40-29-41(33-16-5-2-6-17-33)50-47(49-40)34-27-25-31(26-28-34)36-21-12-23-39-43(36)46-44(38-20-9-10-24-42(38)51-46)45(48-39)37-22-11-18-30-13-7-8-19-35(30)37;1-3-13-30(14-4-1)31-25-27-34(28-26-31)47-49-40(33-16-5-2-6-17-33)29-41(50-47)37-22-12-23-39-43(37)46-44(38-20-9-10-24-42(38)51-46)45(48-39)36-21-11-18-32-15-7-8-19-35(32)36;1-3-14-27(15-4-1)34-25-35(44-41(43-34)28-16-5-2-6-17-28)31-22-12-23-33-37(31)40-38(32-20-9-10-24-36(32)45-40)39(42-33)30-21-11-18-26-13-7-8-19-29(26)30/h2*1-29H;1-25H. The van der Waals surface area contributed by atoms with E-state index in [1.54, 1.807) is 0 Å². The van der Waals surface area contributed by atoms with E-state index >= 15 is 0 Å². The summed E-state index contributed by atoms with van der Waals surface area (Å²) in [5.41, 5.74) is 28.6. The highest BCUT2D eigenvalue weighted by Crippen LogP contribution is 2.52. The lowest BCUT2D eigenvalue weighted by Crippen LogP contribution is -1.97. The molecule has 0 aliphatic rings. The van der Waals surface area contributed by atoms with Crippen LogP contribution in [0.5, 0.6) is 0 Å². The van der Waals surface area contributed by atoms with E-state index in [9.17, 15) is 0 Å². The molecule has 29 aromatic rings. The molecule has 0 fully saturated rings. The molecule has 0 amide bonds. The lowest BCUT2D eigenvalue weighted by Gasteiger charge is -2.14. The summed E-state index contributed by atoms with van der Waals surface area (Å²) in [4.78, 5) is 47.2. The minimum absolute atomic E-state index is 0.691. The summed E-state index contributed by atoms with van der Waals surface area (Å²) < 4.78 is 7.45. The third kappa shape index (κ3) is 16.2. The monoisotopic (exact) mass is 1930 g/mol. The molecule has 0 bridgehead atoms. The number of hydrogen-bond acceptors (Lipinski definition) is 12. The van der Waals surface area contributed by atoms with Gasteiger partial charge < -0.3 is 0 Å². The topological polar surface area (TPSA) is 116 Å². The summed E-state index contributed by atoms with van der Waals surface area (Å²) in [6.07, 6.45) is 0.